The first-order valence-electron chi connectivity index (χ1n) is 8.86. The molecule has 0 aliphatic carbocycles. The van der Waals surface area contributed by atoms with Crippen molar-refractivity contribution in [2.75, 3.05) is 5.32 Å². The molecule has 0 saturated heterocycles. The van der Waals surface area contributed by atoms with Gasteiger partial charge in [-0.2, -0.15) is 20.3 Å². The highest BCUT2D eigenvalue weighted by atomic mass is 16.4. The summed E-state index contributed by atoms with van der Waals surface area (Å²) in [5, 5.41) is 23.8. The van der Waals surface area contributed by atoms with Crippen LogP contribution >= 0.6 is 0 Å². The maximum absolute atomic E-state index is 12.5. The van der Waals surface area contributed by atoms with Gasteiger partial charge in [0.05, 0.1) is 17.0 Å². The van der Waals surface area contributed by atoms with Gasteiger partial charge in [0.15, 0.2) is 6.04 Å². The lowest BCUT2D eigenvalue weighted by atomic mass is 10.2. The Kier molecular flexibility index (Phi) is 6.06. The number of amides is 3. The number of anilines is 1. The Labute approximate surface area is 170 Å². The molecular weight excluding hydrogens is 390 g/mol. The van der Waals surface area contributed by atoms with E-state index in [1.165, 1.54) is 24.3 Å². The van der Waals surface area contributed by atoms with E-state index in [9.17, 15) is 19.2 Å². The van der Waals surface area contributed by atoms with Gasteiger partial charge in [0.1, 0.15) is 6.42 Å². The minimum absolute atomic E-state index is 0.0623. The van der Waals surface area contributed by atoms with Crippen LogP contribution in [0, 0.1) is 0 Å². The zero-order valence-corrected chi connectivity index (χ0v) is 15.8. The number of azo groups is 1. The van der Waals surface area contributed by atoms with E-state index in [2.05, 4.69) is 20.6 Å². The molecule has 1 unspecified atom stereocenters. The maximum Gasteiger partial charge on any atom is 0.335 e. The Bertz CT molecular complexity index is 1050. The van der Waals surface area contributed by atoms with Crippen LogP contribution in [0.2, 0.25) is 0 Å². The third kappa shape index (κ3) is 4.79. The molecule has 3 amide bonds. The van der Waals surface area contributed by atoms with Crippen molar-refractivity contribution in [2.24, 2.45) is 15.3 Å². The molecule has 0 aromatic heterocycles. The number of nitrogens with zero attached hydrogens (tertiary/aromatic N) is 4. The number of hydrogen-bond acceptors (Lipinski definition) is 7. The summed E-state index contributed by atoms with van der Waals surface area (Å²) < 4.78 is 0. The molecule has 0 bridgehead atoms. The number of imide groups is 1. The molecule has 1 atom stereocenters. The highest BCUT2D eigenvalue weighted by Gasteiger charge is 2.38. The molecule has 0 fully saturated rings. The molecule has 1 aliphatic rings. The van der Waals surface area contributed by atoms with Crippen molar-refractivity contribution >= 4 is 40.8 Å². The predicted molar refractivity (Wildman–Crippen MR) is 106 cm³/mol. The topological polar surface area (TPSA) is 141 Å². The quantitative estimate of drug-likeness (QED) is 0.559. The van der Waals surface area contributed by atoms with Gasteiger partial charge in [-0.05, 0) is 43.3 Å². The fourth-order valence-electron chi connectivity index (χ4n) is 2.60. The van der Waals surface area contributed by atoms with Crippen LogP contribution in [-0.4, -0.2) is 45.6 Å². The molecule has 30 heavy (non-hydrogen) atoms. The number of nitrogens with one attached hydrogen (secondary N) is 1. The first kappa shape index (κ1) is 20.5. The summed E-state index contributed by atoms with van der Waals surface area (Å²) in [4.78, 5) is 47.8. The number of carboxylic acids is 1. The summed E-state index contributed by atoms with van der Waals surface area (Å²) in [5.41, 5.74) is 1.22. The highest BCUT2D eigenvalue weighted by Crippen LogP contribution is 2.18. The zero-order valence-electron chi connectivity index (χ0n) is 15.8. The van der Waals surface area contributed by atoms with Gasteiger partial charge >= 0.3 is 5.97 Å². The van der Waals surface area contributed by atoms with E-state index in [1.54, 1.807) is 31.2 Å². The number of carbonyl (C=O) groups excluding carboxylic acids is 3. The summed E-state index contributed by atoms with van der Waals surface area (Å²) in [6.07, 6.45) is -0.619. The van der Waals surface area contributed by atoms with Crippen LogP contribution in [0.4, 0.5) is 11.4 Å². The van der Waals surface area contributed by atoms with Crippen molar-refractivity contribution in [1.82, 2.24) is 5.01 Å². The zero-order chi connectivity index (χ0) is 21.7. The molecule has 152 valence electrons. The number of rotatable bonds is 6. The van der Waals surface area contributed by atoms with Gasteiger partial charge in [0.2, 0.25) is 5.91 Å². The lowest BCUT2D eigenvalue weighted by Gasteiger charge is -2.11. The fourth-order valence-corrected chi connectivity index (χ4v) is 2.60. The molecule has 10 heteroatoms. The van der Waals surface area contributed by atoms with Crippen molar-refractivity contribution in [3.8, 4) is 0 Å². The SMILES string of the molecule is CC1=NN(C(=O)CC(=O)Nc2ccc(C(=O)O)cc2)C(=O)C1N=Nc1ccccc1. The molecule has 2 aromatic carbocycles. The molecule has 0 saturated carbocycles. The van der Waals surface area contributed by atoms with Gasteiger partial charge in [-0.3, -0.25) is 14.4 Å². The average molecular weight is 407 g/mol. The Morgan fingerprint density at radius 3 is 2.40 bits per heavy atom. The normalized spacial score (nSPS) is 15.9. The molecule has 3 rings (SSSR count). The molecule has 0 radical (unpaired) electrons. The van der Waals surface area contributed by atoms with Crippen LogP contribution in [-0.2, 0) is 14.4 Å². The van der Waals surface area contributed by atoms with Gasteiger partial charge in [0, 0.05) is 5.69 Å². The van der Waals surface area contributed by atoms with E-state index >= 15 is 0 Å². The second kappa shape index (κ2) is 8.86. The molecule has 2 N–H and O–H groups in total. The fraction of sp³-hybridized carbons (Fsp3) is 0.150. The number of benzene rings is 2. The van der Waals surface area contributed by atoms with Crippen LogP contribution in [0.1, 0.15) is 23.7 Å². The van der Waals surface area contributed by atoms with Gasteiger partial charge in [-0.1, -0.05) is 18.2 Å². The summed E-state index contributed by atoms with van der Waals surface area (Å²) in [7, 11) is 0. The van der Waals surface area contributed by atoms with E-state index in [-0.39, 0.29) is 11.3 Å². The van der Waals surface area contributed by atoms with Crippen LogP contribution in [0.15, 0.2) is 69.9 Å². The molecular formula is C20H17N5O5. The van der Waals surface area contributed by atoms with Crippen molar-refractivity contribution in [3.05, 3.63) is 60.2 Å². The van der Waals surface area contributed by atoms with E-state index in [0.717, 1.165) is 0 Å². The van der Waals surface area contributed by atoms with Gasteiger partial charge in [0.25, 0.3) is 11.8 Å². The standard InChI is InChI=1S/C20H17N5O5/c1-12-18(23-22-15-5-3-2-4-6-15)19(28)25(24-12)17(27)11-16(26)21-14-9-7-13(8-10-14)20(29)30/h2-10,18H,11H2,1H3,(H,21,26)(H,29,30). The molecule has 1 aliphatic heterocycles. The van der Waals surface area contributed by atoms with Gasteiger partial charge in [-0.15, -0.1) is 0 Å². The van der Waals surface area contributed by atoms with Crippen molar-refractivity contribution in [2.45, 2.75) is 19.4 Å². The second-order valence-electron chi connectivity index (χ2n) is 6.35. The second-order valence-corrected chi connectivity index (χ2v) is 6.35. The summed E-state index contributed by atoms with van der Waals surface area (Å²) >= 11 is 0. The van der Waals surface area contributed by atoms with E-state index in [1.807, 2.05) is 6.07 Å². The monoisotopic (exact) mass is 407 g/mol. The molecule has 1 heterocycles. The Balaban J connectivity index is 1.60. The van der Waals surface area contributed by atoms with Crippen LogP contribution < -0.4 is 5.32 Å². The number of carbonyl (C=O) groups is 4. The largest absolute Gasteiger partial charge is 0.478 e. The van der Waals surface area contributed by atoms with Gasteiger partial charge in [-0.25, -0.2) is 4.79 Å². The minimum atomic E-state index is -1.09. The Morgan fingerprint density at radius 2 is 1.77 bits per heavy atom. The highest BCUT2D eigenvalue weighted by molar-refractivity contribution is 6.18. The van der Waals surface area contributed by atoms with Crippen molar-refractivity contribution in [3.63, 3.8) is 0 Å². The van der Waals surface area contributed by atoms with Gasteiger partial charge < -0.3 is 10.4 Å². The Hall–Kier alpha value is -4.21. The lowest BCUT2D eigenvalue weighted by molar-refractivity contribution is -0.144. The minimum Gasteiger partial charge on any atom is -0.478 e. The smallest absolute Gasteiger partial charge is 0.335 e. The first-order valence-corrected chi connectivity index (χ1v) is 8.86. The maximum atomic E-state index is 12.5. The molecule has 2 aromatic rings. The first-order chi connectivity index (χ1) is 14.3. The van der Waals surface area contributed by atoms with Crippen molar-refractivity contribution in [1.29, 1.82) is 0 Å². The lowest BCUT2D eigenvalue weighted by Crippen LogP contribution is -2.36. The van der Waals surface area contributed by atoms with Crippen LogP contribution in [0.5, 0.6) is 0 Å². The van der Waals surface area contributed by atoms with E-state index < -0.39 is 36.2 Å². The molecule has 10 nitrogen and oxygen atoms in total. The van der Waals surface area contributed by atoms with Crippen LogP contribution in [0.3, 0.4) is 0 Å². The van der Waals surface area contributed by atoms with E-state index in [4.69, 9.17) is 5.11 Å². The summed E-state index contributed by atoms with van der Waals surface area (Å²) in [6.45, 7) is 1.55. The summed E-state index contributed by atoms with van der Waals surface area (Å²) in [6, 6.07) is 13.2. The number of aromatic carboxylic acids is 1. The third-order valence-corrected chi connectivity index (χ3v) is 4.10. The predicted octanol–water partition coefficient (Wildman–Crippen LogP) is 2.61. The Morgan fingerprint density at radius 1 is 1.10 bits per heavy atom. The number of carboxylic acid groups (broad SMARTS) is 1. The van der Waals surface area contributed by atoms with Crippen molar-refractivity contribution < 1.29 is 24.3 Å². The average Bonchev–Trinajstić information content (AvgIpc) is 3.01. The van der Waals surface area contributed by atoms with E-state index in [0.29, 0.717) is 16.4 Å². The summed E-state index contributed by atoms with van der Waals surface area (Å²) in [5.74, 6) is -3.26. The number of hydrogen-bond donors (Lipinski definition) is 2. The number of hydrazone groups is 1. The molecule has 0 spiro atoms. The van der Waals surface area contributed by atoms with Crippen LogP contribution in [0.25, 0.3) is 0 Å². The third-order valence-electron chi connectivity index (χ3n) is 4.10.